The van der Waals surface area contributed by atoms with E-state index < -0.39 is 18.6 Å². The zero-order chi connectivity index (χ0) is 19.7. The molecule has 0 aliphatic rings. The number of pyridine rings is 1. The Kier molecular flexibility index (Phi) is 5.31. The van der Waals surface area contributed by atoms with Crippen LogP contribution in [0.1, 0.15) is 17.1 Å². The van der Waals surface area contributed by atoms with E-state index in [9.17, 15) is 13.3 Å². The number of nitrogens with one attached hydrogen (secondary N) is 1. The summed E-state index contributed by atoms with van der Waals surface area (Å²) in [6, 6.07) is 10.8. The quantitative estimate of drug-likeness (QED) is 0.440. The molecule has 1 atom stereocenters. The average Bonchev–Trinajstić information content (AvgIpc) is 3.05. The van der Waals surface area contributed by atoms with Gasteiger partial charge in [-0.2, -0.15) is 13.8 Å². The highest BCUT2D eigenvalue weighted by atomic mass is 35.5. The molecule has 1 unspecified atom stereocenters. The van der Waals surface area contributed by atoms with E-state index in [0.717, 1.165) is 11.3 Å². The lowest BCUT2D eigenvalue weighted by Crippen LogP contribution is -2.03. The van der Waals surface area contributed by atoms with Gasteiger partial charge >= 0.3 is 11.3 Å². The number of alkyl halides is 3. The maximum atomic E-state index is 13.0. The van der Waals surface area contributed by atoms with E-state index in [0.29, 0.717) is 11.3 Å². The third-order valence-electron chi connectivity index (χ3n) is 3.60. The maximum absolute atomic E-state index is 13.0. The van der Waals surface area contributed by atoms with Crippen LogP contribution in [0.15, 0.2) is 47.1 Å². The van der Waals surface area contributed by atoms with E-state index in [1.165, 1.54) is 6.20 Å². The molecule has 10 heteroatoms. The third kappa shape index (κ3) is 5.11. The van der Waals surface area contributed by atoms with Gasteiger partial charge in [0, 0.05) is 29.8 Å². The molecule has 27 heavy (non-hydrogen) atoms. The number of rotatable bonds is 6. The van der Waals surface area contributed by atoms with E-state index in [1.807, 2.05) is 31.2 Å². The first kappa shape index (κ1) is 19.5. The van der Waals surface area contributed by atoms with Gasteiger partial charge in [0.25, 0.3) is 0 Å². The molecule has 0 saturated carbocycles. The Bertz CT molecular complexity index is 989. The van der Waals surface area contributed by atoms with Crippen molar-refractivity contribution in [2.45, 2.75) is 18.5 Å². The Balaban J connectivity index is 1.71. The highest BCUT2D eigenvalue weighted by Gasteiger charge is 2.35. The molecule has 0 bridgehead atoms. The molecule has 0 saturated heterocycles. The summed E-state index contributed by atoms with van der Waals surface area (Å²) in [6.07, 6.45) is 1.63. The number of halogens is 3. The van der Waals surface area contributed by atoms with Gasteiger partial charge in [-0.15, -0.1) is 0 Å². The second-order valence-corrected chi connectivity index (χ2v) is 9.42. The Morgan fingerprint density at radius 3 is 2.67 bits per heavy atom. The molecule has 0 spiro atoms. The van der Waals surface area contributed by atoms with Crippen molar-refractivity contribution in [2.24, 2.45) is 0 Å². The van der Waals surface area contributed by atoms with Gasteiger partial charge in [0.05, 0.1) is 6.16 Å². The second-order valence-electron chi connectivity index (χ2n) is 6.20. The van der Waals surface area contributed by atoms with Crippen molar-refractivity contribution in [3.8, 4) is 11.4 Å². The van der Waals surface area contributed by atoms with Crippen LogP contribution in [0.3, 0.4) is 0 Å². The number of hydrogen-bond donors (Lipinski definition) is 1. The van der Waals surface area contributed by atoms with Crippen molar-refractivity contribution in [1.29, 1.82) is 0 Å². The molecule has 1 N–H and O–H groups in total. The van der Waals surface area contributed by atoms with E-state index >= 15 is 0 Å². The molecule has 0 amide bonds. The van der Waals surface area contributed by atoms with Crippen LogP contribution in [-0.4, -0.2) is 21.8 Å². The minimum atomic E-state index is -3.73. The van der Waals surface area contributed by atoms with Crippen molar-refractivity contribution < 1.29 is 17.9 Å². The maximum Gasteiger partial charge on any atom is 0.400 e. The minimum Gasteiger partial charge on any atom is -0.336 e. The van der Waals surface area contributed by atoms with Crippen LogP contribution in [0.25, 0.3) is 11.4 Å². The van der Waals surface area contributed by atoms with Crippen molar-refractivity contribution in [3.63, 3.8) is 0 Å². The molecule has 3 rings (SSSR count). The molecule has 2 aromatic heterocycles. The van der Waals surface area contributed by atoms with Gasteiger partial charge in [-0.05, 0) is 48.4 Å². The summed E-state index contributed by atoms with van der Waals surface area (Å²) in [7, 11) is -2.74. The van der Waals surface area contributed by atoms with Crippen LogP contribution in [-0.2, 0) is 16.1 Å². The van der Waals surface area contributed by atoms with E-state index in [4.69, 9.17) is 11.6 Å². The first-order valence-electron chi connectivity index (χ1n) is 7.90. The predicted molar refractivity (Wildman–Crippen MR) is 99.3 cm³/mol. The van der Waals surface area contributed by atoms with Gasteiger partial charge in [-0.1, -0.05) is 17.3 Å². The Labute approximate surface area is 159 Å². The molecule has 0 fully saturated rings. The first-order chi connectivity index (χ1) is 12.6. The fourth-order valence-corrected chi connectivity index (χ4v) is 4.09. The van der Waals surface area contributed by atoms with Gasteiger partial charge in [0.1, 0.15) is 0 Å². The first-order valence-corrected chi connectivity index (χ1v) is 10.6. The van der Waals surface area contributed by atoms with Gasteiger partial charge in [-0.3, -0.25) is 4.98 Å². The predicted octanol–water partition coefficient (Wildman–Crippen LogP) is 5.25. The molecule has 142 valence electrons. The van der Waals surface area contributed by atoms with E-state index in [2.05, 4.69) is 24.7 Å². The number of benzene rings is 1. The summed E-state index contributed by atoms with van der Waals surface area (Å²) in [5.74, 6) is -1.04. The summed E-state index contributed by atoms with van der Waals surface area (Å²) < 4.78 is 43.2. The van der Waals surface area contributed by atoms with E-state index in [-0.39, 0.29) is 12.0 Å². The van der Waals surface area contributed by atoms with Crippen LogP contribution in [0, 0.1) is 6.92 Å². The Morgan fingerprint density at radius 2 is 2.07 bits per heavy atom. The molecule has 0 radical (unpaired) electrons. The lowest BCUT2D eigenvalue weighted by Gasteiger charge is -2.16. The number of hydrogen-bond acceptors (Lipinski definition) is 5. The highest BCUT2D eigenvalue weighted by Crippen LogP contribution is 2.44. The summed E-state index contributed by atoms with van der Waals surface area (Å²) >= 11 is 4.85. The largest absolute Gasteiger partial charge is 0.400 e. The fraction of sp³-hybridized carbons (Fsp3) is 0.235. The van der Waals surface area contributed by atoms with Crippen molar-refractivity contribution >= 4 is 24.6 Å². The zero-order valence-corrected chi connectivity index (χ0v) is 16.1. The minimum absolute atomic E-state index is 0.0538. The normalized spacial score (nSPS) is 14.0. The SMILES string of the molecule is Cc1cccc(NP(C)(=O)Cc2ccc(-c3noc(C(F)(F)Cl)n3)cn2)c1. The highest BCUT2D eigenvalue weighted by molar-refractivity contribution is 7.63. The van der Waals surface area contributed by atoms with Gasteiger partial charge in [-0.25, -0.2) is 0 Å². The second kappa shape index (κ2) is 7.37. The molecular formula is C17H16ClF2N4O2P. The van der Waals surface area contributed by atoms with Crippen LogP contribution in [0.5, 0.6) is 0 Å². The van der Waals surface area contributed by atoms with Crippen molar-refractivity contribution in [1.82, 2.24) is 15.1 Å². The van der Waals surface area contributed by atoms with Crippen LogP contribution in [0.4, 0.5) is 14.5 Å². The summed E-state index contributed by atoms with van der Waals surface area (Å²) in [4.78, 5) is 7.77. The number of aryl methyl sites for hydroxylation is 1. The molecule has 0 aliphatic carbocycles. The number of nitrogens with zero attached hydrogens (tertiary/aromatic N) is 3. The monoisotopic (exact) mass is 412 g/mol. The molecule has 6 nitrogen and oxygen atoms in total. The topological polar surface area (TPSA) is 80.9 Å². The summed E-state index contributed by atoms with van der Waals surface area (Å²) in [5.41, 5.74) is 2.80. The van der Waals surface area contributed by atoms with Gasteiger partial charge in [0.2, 0.25) is 5.82 Å². The number of aromatic nitrogens is 3. The lowest BCUT2D eigenvalue weighted by atomic mass is 10.2. The number of anilines is 1. The van der Waals surface area contributed by atoms with Crippen LogP contribution in [0.2, 0.25) is 0 Å². The fourth-order valence-electron chi connectivity index (χ4n) is 2.44. The molecule has 3 aromatic rings. The average molecular weight is 413 g/mol. The summed E-state index contributed by atoms with van der Waals surface area (Å²) in [6.45, 7) is 3.59. The molecule has 1 aromatic carbocycles. The third-order valence-corrected chi connectivity index (χ3v) is 5.42. The lowest BCUT2D eigenvalue weighted by molar-refractivity contribution is 0.0551. The molecular weight excluding hydrogens is 397 g/mol. The smallest absolute Gasteiger partial charge is 0.336 e. The Hall–Kier alpha value is -2.31. The molecule has 2 heterocycles. The Morgan fingerprint density at radius 1 is 1.30 bits per heavy atom. The van der Waals surface area contributed by atoms with Crippen LogP contribution >= 0.6 is 18.9 Å². The van der Waals surface area contributed by atoms with Gasteiger partial charge in [0.15, 0.2) is 7.29 Å². The molecule has 0 aliphatic heterocycles. The van der Waals surface area contributed by atoms with Gasteiger partial charge < -0.3 is 14.2 Å². The zero-order valence-electron chi connectivity index (χ0n) is 14.5. The van der Waals surface area contributed by atoms with Crippen molar-refractivity contribution in [2.75, 3.05) is 11.8 Å². The van der Waals surface area contributed by atoms with E-state index in [1.54, 1.807) is 18.8 Å². The van der Waals surface area contributed by atoms with Crippen LogP contribution < -0.4 is 5.09 Å². The van der Waals surface area contributed by atoms with Crippen molar-refractivity contribution in [3.05, 3.63) is 59.7 Å². The summed E-state index contributed by atoms with van der Waals surface area (Å²) in [5, 5.41) is 2.79. The standard InChI is InChI=1S/C17H16ClF2N4O2P/c1-11-4-3-5-13(8-11)24-27(2,25)10-14-7-6-12(9-21-14)15-22-16(26-23-15)17(18,19)20/h3-9H,10H2,1-2H3,(H,24,25).